The van der Waals surface area contributed by atoms with E-state index >= 15 is 0 Å². The average molecular weight is 338 g/mol. The Labute approximate surface area is 147 Å². The molecule has 0 radical (unpaired) electrons. The number of fused-ring (bicyclic) bond motifs is 1. The molecule has 0 aromatic heterocycles. The molecule has 2 aromatic rings. The summed E-state index contributed by atoms with van der Waals surface area (Å²) < 4.78 is 5.52. The molecule has 2 aromatic carbocycles. The summed E-state index contributed by atoms with van der Waals surface area (Å²) in [5.74, 6) is 0.809. The van der Waals surface area contributed by atoms with E-state index in [4.69, 9.17) is 4.74 Å². The van der Waals surface area contributed by atoms with Crippen molar-refractivity contribution < 1.29 is 14.3 Å². The smallest absolute Gasteiger partial charge is 0.265 e. The van der Waals surface area contributed by atoms with E-state index in [9.17, 15) is 9.59 Å². The molecule has 0 aliphatic carbocycles. The summed E-state index contributed by atoms with van der Waals surface area (Å²) in [7, 11) is 0. The summed E-state index contributed by atoms with van der Waals surface area (Å²) in [6.07, 6.45) is 0.459. The number of hydrogen-bond donors (Lipinski definition) is 1. The number of anilines is 2. The van der Waals surface area contributed by atoms with Crippen LogP contribution < -0.4 is 15.0 Å². The molecule has 0 bridgehead atoms. The molecule has 0 saturated heterocycles. The molecular weight excluding hydrogens is 316 g/mol. The number of hydrogen-bond acceptors (Lipinski definition) is 3. The van der Waals surface area contributed by atoms with Gasteiger partial charge in [-0.1, -0.05) is 44.2 Å². The minimum absolute atomic E-state index is 0.0267. The van der Waals surface area contributed by atoms with Gasteiger partial charge in [-0.3, -0.25) is 9.59 Å². The Hall–Kier alpha value is -2.82. The van der Waals surface area contributed by atoms with Crippen LogP contribution in [0.4, 0.5) is 11.4 Å². The second-order valence-electron chi connectivity index (χ2n) is 6.58. The van der Waals surface area contributed by atoms with Crippen LogP contribution >= 0.6 is 0 Å². The van der Waals surface area contributed by atoms with Crippen LogP contribution in [0.2, 0.25) is 0 Å². The normalized spacial score (nSPS) is 13.4. The zero-order chi connectivity index (χ0) is 17.8. The minimum atomic E-state index is -0.0954. The summed E-state index contributed by atoms with van der Waals surface area (Å²) in [4.78, 5) is 26.1. The first kappa shape index (κ1) is 17.0. The average Bonchev–Trinajstić information content (AvgIpc) is 2.58. The lowest BCUT2D eigenvalue weighted by Gasteiger charge is -2.30. The van der Waals surface area contributed by atoms with Crippen molar-refractivity contribution in [2.45, 2.75) is 26.8 Å². The predicted molar refractivity (Wildman–Crippen MR) is 97.7 cm³/mol. The Kier molecular flexibility index (Phi) is 5.03. The molecular formula is C20H22N2O3. The summed E-state index contributed by atoms with van der Waals surface area (Å²) in [6.45, 7) is 4.50. The number of nitrogens with one attached hydrogen (secondary N) is 1. The number of amides is 2. The molecule has 130 valence electrons. The fourth-order valence-corrected chi connectivity index (χ4v) is 2.80. The maximum Gasteiger partial charge on any atom is 0.265 e. The van der Waals surface area contributed by atoms with Crippen LogP contribution in [-0.4, -0.2) is 18.4 Å². The highest BCUT2D eigenvalue weighted by Crippen LogP contribution is 2.35. The molecule has 1 aliphatic heterocycles. The van der Waals surface area contributed by atoms with Gasteiger partial charge >= 0.3 is 0 Å². The molecule has 0 atom stereocenters. The molecule has 1 aliphatic rings. The first-order valence-electron chi connectivity index (χ1n) is 8.44. The van der Waals surface area contributed by atoms with Crippen LogP contribution in [0.25, 0.3) is 0 Å². The lowest BCUT2D eigenvalue weighted by Crippen LogP contribution is -2.38. The van der Waals surface area contributed by atoms with Crippen molar-refractivity contribution in [3.05, 3.63) is 54.1 Å². The number of ether oxygens (including phenoxy) is 1. The number of benzene rings is 2. The number of rotatable bonds is 5. The van der Waals surface area contributed by atoms with Crippen molar-refractivity contribution in [1.82, 2.24) is 0 Å². The Morgan fingerprint density at radius 2 is 1.96 bits per heavy atom. The minimum Gasteiger partial charge on any atom is -0.482 e. The van der Waals surface area contributed by atoms with E-state index in [-0.39, 0.29) is 24.3 Å². The van der Waals surface area contributed by atoms with Crippen LogP contribution in [0, 0.1) is 5.92 Å². The van der Waals surface area contributed by atoms with E-state index in [0.717, 1.165) is 5.56 Å². The third-order valence-electron chi connectivity index (χ3n) is 3.96. The van der Waals surface area contributed by atoms with Gasteiger partial charge in [0.1, 0.15) is 5.75 Å². The topological polar surface area (TPSA) is 58.6 Å². The first-order chi connectivity index (χ1) is 12.0. The summed E-state index contributed by atoms with van der Waals surface area (Å²) in [5, 5.41) is 2.89. The Morgan fingerprint density at radius 3 is 2.68 bits per heavy atom. The number of nitrogens with zero attached hydrogens (tertiary/aromatic N) is 1. The number of carbonyl (C=O) groups is 2. The highest BCUT2D eigenvalue weighted by Gasteiger charge is 2.26. The van der Waals surface area contributed by atoms with Gasteiger partial charge in [0.05, 0.1) is 12.2 Å². The molecule has 1 N–H and O–H groups in total. The first-order valence-corrected chi connectivity index (χ1v) is 8.44. The van der Waals surface area contributed by atoms with Crippen LogP contribution in [-0.2, 0) is 16.1 Å². The highest BCUT2D eigenvalue weighted by atomic mass is 16.5. The Balaban J connectivity index is 1.84. The van der Waals surface area contributed by atoms with E-state index in [1.54, 1.807) is 23.1 Å². The SMILES string of the molecule is CC(C)CC(=O)Nc1ccc2c(c1)N(Cc1ccccc1)C(=O)CO2. The van der Waals surface area contributed by atoms with Crippen LogP contribution in [0.5, 0.6) is 5.75 Å². The van der Waals surface area contributed by atoms with Gasteiger partial charge < -0.3 is 15.0 Å². The van der Waals surface area contributed by atoms with Gasteiger partial charge in [0, 0.05) is 12.1 Å². The third kappa shape index (κ3) is 4.18. The van der Waals surface area contributed by atoms with Crippen molar-refractivity contribution in [3.8, 4) is 5.75 Å². The molecule has 0 fully saturated rings. The van der Waals surface area contributed by atoms with Gasteiger partial charge in [-0.2, -0.15) is 0 Å². The molecule has 5 heteroatoms. The molecule has 5 nitrogen and oxygen atoms in total. The second-order valence-corrected chi connectivity index (χ2v) is 6.58. The van der Waals surface area contributed by atoms with Gasteiger partial charge in [0.25, 0.3) is 5.91 Å². The van der Waals surface area contributed by atoms with Crippen LogP contribution in [0.3, 0.4) is 0 Å². The van der Waals surface area contributed by atoms with E-state index < -0.39 is 0 Å². The third-order valence-corrected chi connectivity index (χ3v) is 3.96. The van der Waals surface area contributed by atoms with E-state index in [2.05, 4.69) is 5.32 Å². The quantitative estimate of drug-likeness (QED) is 0.906. The Bertz CT molecular complexity index is 772. The van der Waals surface area contributed by atoms with Crippen molar-refractivity contribution in [2.24, 2.45) is 5.92 Å². The molecule has 0 spiro atoms. The lowest BCUT2D eigenvalue weighted by molar-refractivity contribution is -0.121. The van der Waals surface area contributed by atoms with Gasteiger partial charge in [0.15, 0.2) is 6.61 Å². The molecule has 0 unspecified atom stereocenters. The highest BCUT2D eigenvalue weighted by molar-refractivity contribution is 5.99. The zero-order valence-electron chi connectivity index (χ0n) is 14.5. The largest absolute Gasteiger partial charge is 0.482 e. The van der Waals surface area contributed by atoms with Crippen LogP contribution in [0.15, 0.2) is 48.5 Å². The van der Waals surface area contributed by atoms with Crippen molar-refractivity contribution >= 4 is 23.2 Å². The molecule has 25 heavy (non-hydrogen) atoms. The molecule has 0 saturated carbocycles. The summed E-state index contributed by atoms with van der Waals surface area (Å²) in [6, 6.07) is 15.2. The van der Waals surface area contributed by atoms with E-state index in [1.165, 1.54) is 0 Å². The van der Waals surface area contributed by atoms with Crippen LogP contribution in [0.1, 0.15) is 25.8 Å². The van der Waals surface area contributed by atoms with E-state index in [1.807, 2.05) is 44.2 Å². The van der Waals surface area contributed by atoms with Crippen molar-refractivity contribution in [1.29, 1.82) is 0 Å². The van der Waals surface area contributed by atoms with Gasteiger partial charge in [0.2, 0.25) is 5.91 Å². The standard InChI is InChI=1S/C20H22N2O3/c1-14(2)10-19(23)21-16-8-9-18-17(11-16)22(20(24)13-25-18)12-15-6-4-3-5-7-15/h3-9,11,14H,10,12-13H2,1-2H3,(H,21,23). The fourth-order valence-electron chi connectivity index (χ4n) is 2.80. The maximum absolute atomic E-state index is 12.4. The Morgan fingerprint density at radius 1 is 1.20 bits per heavy atom. The van der Waals surface area contributed by atoms with Gasteiger partial charge in [-0.25, -0.2) is 0 Å². The summed E-state index contributed by atoms with van der Waals surface area (Å²) >= 11 is 0. The fraction of sp³-hybridized carbons (Fsp3) is 0.300. The van der Waals surface area contributed by atoms with Crippen molar-refractivity contribution in [2.75, 3.05) is 16.8 Å². The maximum atomic E-state index is 12.4. The summed E-state index contributed by atoms with van der Waals surface area (Å²) in [5.41, 5.74) is 2.39. The van der Waals surface area contributed by atoms with Gasteiger partial charge in [-0.05, 0) is 29.7 Å². The van der Waals surface area contributed by atoms with Gasteiger partial charge in [-0.15, -0.1) is 0 Å². The molecule has 1 heterocycles. The predicted octanol–water partition coefficient (Wildman–Crippen LogP) is 3.60. The molecule has 3 rings (SSSR count). The second kappa shape index (κ2) is 7.38. The van der Waals surface area contributed by atoms with E-state index in [0.29, 0.717) is 30.1 Å². The van der Waals surface area contributed by atoms with Crippen molar-refractivity contribution in [3.63, 3.8) is 0 Å². The number of carbonyl (C=O) groups excluding carboxylic acids is 2. The monoisotopic (exact) mass is 338 g/mol. The lowest BCUT2D eigenvalue weighted by atomic mass is 10.1. The zero-order valence-corrected chi connectivity index (χ0v) is 14.5. The molecule has 2 amide bonds.